The molecule has 1 amide bonds. The number of phenols is 1. The summed E-state index contributed by atoms with van der Waals surface area (Å²) in [5.74, 6) is 3.15. The first-order valence-corrected chi connectivity index (χ1v) is 8.72. The minimum Gasteiger partial charge on any atom is -0.504 e. The Balaban J connectivity index is 1.44. The molecular weight excluding hydrogens is 290 g/mol. The number of ether oxygens (including phenoxy) is 1. The number of nitrogens with one attached hydrogen (secondary N) is 1. The molecule has 2 N–H and O–H groups in total. The summed E-state index contributed by atoms with van der Waals surface area (Å²) in [5, 5.41) is 12.8. The highest BCUT2D eigenvalue weighted by Crippen LogP contribution is 2.60. The van der Waals surface area contributed by atoms with Crippen LogP contribution in [0.25, 0.3) is 0 Å². The number of phenolic OH excluding ortho intramolecular Hbond substituents is 1. The van der Waals surface area contributed by atoms with Gasteiger partial charge in [-0.3, -0.25) is 4.79 Å². The number of hydrogen-bond donors (Lipinski definition) is 2. The van der Waals surface area contributed by atoms with Gasteiger partial charge in [0.2, 0.25) is 5.91 Å². The maximum atomic E-state index is 12.9. The van der Waals surface area contributed by atoms with E-state index >= 15 is 0 Å². The van der Waals surface area contributed by atoms with Gasteiger partial charge in [0, 0.05) is 12.0 Å². The number of hydrogen-bond acceptors (Lipinski definition) is 3. The van der Waals surface area contributed by atoms with Crippen LogP contribution >= 0.6 is 0 Å². The van der Waals surface area contributed by atoms with E-state index in [1.165, 1.54) is 26.4 Å². The third-order valence-electron chi connectivity index (χ3n) is 6.22. The zero-order chi connectivity index (χ0) is 16.0. The van der Waals surface area contributed by atoms with Crippen molar-refractivity contribution in [2.45, 2.75) is 45.1 Å². The molecule has 0 aliphatic heterocycles. The SMILES string of the molecule is COc1cc(CNC(=O)C23CC4CC(CC(C4)C2)C3)ccc1O. The van der Waals surface area contributed by atoms with E-state index in [-0.39, 0.29) is 17.1 Å². The molecule has 1 aromatic rings. The molecule has 4 saturated carbocycles. The predicted molar refractivity (Wildman–Crippen MR) is 87.1 cm³/mol. The van der Waals surface area contributed by atoms with Crippen molar-refractivity contribution >= 4 is 5.91 Å². The molecule has 4 bridgehead atoms. The summed E-state index contributed by atoms with van der Waals surface area (Å²) in [6.45, 7) is 0.497. The minimum atomic E-state index is -0.101. The lowest BCUT2D eigenvalue weighted by Gasteiger charge is -2.55. The number of rotatable bonds is 4. The first-order chi connectivity index (χ1) is 11.1. The van der Waals surface area contributed by atoms with Gasteiger partial charge in [-0.25, -0.2) is 0 Å². The number of benzene rings is 1. The summed E-state index contributed by atoms with van der Waals surface area (Å²) >= 11 is 0. The van der Waals surface area contributed by atoms with E-state index in [4.69, 9.17) is 4.74 Å². The molecule has 4 fully saturated rings. The molecule has 23 heavy (non-hydrogen) atoms. The molecule has 0 saturated heterocycles. The fraction of sp³-hybridized carbons (Fsp3) is 0.632. The van der Waals surface area contributed by atoms with Gasteiger partial charge in [0.1, 0.15) is 0 Å². The Kier molecular flexibility index (Phi) is 3.51. The van der Waals surface area contributed by atoms with Crippen LogP contribution in [-0.4, -0.2) is 18.1 Å². The average molecular weight is 315 g/mol. The molecule has 4 aliphatic carbocycles. The summed E-state index contributed by atoms with van der Waals surface area (Å²) in [5.41, 5.74) is 0.855. The van der Waals surface area contributed by atoms with Crippen LogP contribution in [0.4, 0.5) is 0 Å². The molecule has 4 heteroatoms. The number of methoxy groups -OCH3 is 1. The summed E-state index contributed by atoms with van der Waals surface area (Å²) < 4.78 is 5.13. The summed E-state index contributed by atoms with van der Waals surface area (Å²) in [4.78, 5) is 12.9. The normalized spacial score (nSPS) is 34.4. The topological polar surface area (TPSA) is 58.6 Å². The van der Waals surface area contributed by atoms with Crippen LogP contribution in [0.3, 0.4) is 0 Å². The number of amides is 1. The van der Waals surface area contributed by atoms with Gasteiger partial charge in [-0.2, -0.15) is 0 Å². The molecule has 0 atom stereocenters. The van der Waals surface area contributed by atoms with Crippen molar-refractivity contribution in [2.24, 2.45) is 23.2 Å². The second-order valence-electron chi connectivity index (χ2n) is 7.89. The Morgan fingerprint density at radius 3 is 2.39 bits per heavy atom. The van der Waals surface area contributed by atoms with E-state index in [0.29, 0.717) is 12.3 Å². The molecule has 124 valence electrons. The van der Waals surface area contributed by atoms with Gasteiger partial charge in [0.05, 0.1) is 7.11 Å². The van der Waals surface area contributed by atoms with Crippen molar-refractivity contribution < 1.29 is 14.6 Å². The summed E-state index contributed by atoms with van der Waals surface area (Å²) in [6.07, 6.45) is 7.31. The highest BCUT2D eigenvalue weighted by Gasteiger charge is 2.54. The van der Waals surface area contributed by atoms with Crippen molar-refractivity contribution in [2.75, 3.05) is 7.11 Å². The van der Waals surface area contributed by atoms with Crippen LogP contribution in [0.1, 0.15) is 44.1 Å². The molecule has 4 aliphatic rings. The lowest BCUT2D eigenvalue weighted by molar-refractivity contribution is -0.146. The van der Waals surface area contributed by atoms with Crippen LogP contribution in [0, 0.1) is 23.2 Å². The van der Waals surface area contributed by atoms with Gasteiger partial charge in [-0.1, -0.05) is 6.07 Å². The van der Waals surface area contributed by atoms with Gasteiger partial charge >= 0.3 is 0 Å². The number of carbonyl (C=O) groups is 1. The second kappa shape index (κ2) is 5.43. The summed E-state index contributed by atoms with van der Waals surface area (Å²) in [7, 11) is 1.53. The van der Waals surface area contributed by atoms with Gasteiger partial charge in [-0.15, -0.1) is 0 Å². The van der Waals surface area contributed by atoms with E-state index < -0.39 is 0 Å². The lowest BCUT2D eigenvalue weighted by Crippen LogP contribution is -2.53. The highest BCUT2D eigenvalue weighted by molar-refractivity contribution is 5.83. The van der Waals surface area contributed by atoms with Crippen LogP contribution in [0.15, 0.2) is 18.2 Å². The van der Waals surface area contributed by atoms with Crippen LogP contribution in [-0.2, 0) is 11.3 Å². The molecule has 0 radical (unpaired) electrons. The molecule has 0 unspecified atom stereocenters. The molecule has 4 nitrogen and oxygen atoms in total. The van der Waals surface area contributed by atoms with Gasteiger partial charge in [0.25, 0.3) is 0 Å². The summed E-state index contributed by atoms with van der Waals surface area (Å²) in [6, 6.07) is 5.23. The monoisotopic (exact) mass is 315 g/mol. The third kappa shape index (κ3) is 2.58. The molecule has 0 heterocycles. The fourth-order valence-corrected chi connectivity index (χ4v) is 5.59. The smallest absolute Gasteiger partial charge is 0.226 e. The zero-order valence-corrected chi connectivity index (χ0v) is 13.7. The molecule has 0 spiro atoms. The van der Waals surface area contributed by atoms with E-state index in [1.54, 1.807) is 12.1 Å². The molecular formula is C19H25NO3. The standard InChI is InChI=1S/C19H25NO3/c1-23-17-7-12(2-3-16(17)21)11-20-18(22)19-8-13-4-14(9-19)6-15(5-13)10-19/h2-3,7,13-15,21H,4-6,8-11H2,1H3,(H,20,22). The fourth-order valence-electron chi connectivity index (χ4n) is 5.59. The van der Waals surface area contributed by atoms with Gasteiger partial charge < -0.3 is 15.2 Å². The van der Waals surface area contributed by atoms with Crippen molar-refractivity contribution in [1.82, 2.24) is 5.32 Å². The predicted octanol–water partition coefficient (Wildman–Crippen LogP) is 3.23. The minimum absolute atomic E-state index is 0.101. The number of carbonyl (C=O) groups excluding carboxylic acids is 1. The third-order valence-corrected chi connectivity index (χ3v) is 6.22. The highest BCUT2D eigenvalue weighted by atomic mass is 16.5. The van der Waals surface area contributed by atoms with E-state index in [2.05, 4.69) is 5.32 Å². The number of aromatic hydroxyl groups is 1. The van der Waals surface area contributed by atoms with Crippen molar-refractivity contribution in [3.8, 4) is 11.5 Å². The van der Waals surface area contributed by atoms with Crippen molar-refractivity contribution in [3.05, 3.63) is 23.8 Å². The second-order valence-corrected chi connectivity index (χ2v) is 7.89. The average Bonchev–Trinajstić information content (AvgIpc) is 2.52. The first kappa shape index (κ1) is 14.9. The molecule has 5 rings (SSSR count). The van der Waals surface area contributed by atoms with Gasteiger partial charge in [-0.05, 0) is 74.0 Å². The Morgan fingerprint density at radius 2 is 1.83 bits per heavy atom. The largest absolute Gasteiger partial charge is 0.504 e. The van der Waals surface area contributed by atoms with Gasteiger partial charge in [0.15, 0.2) is 11.5 Å². The Labute approximate surface area is 137 Å². The maximum Gasteiger partial charge on any atom is 0.226 e. The van der Waals surface area contributed by atoms with E-state index in [1.807, 2.05) is 6.07 Å². The van der Waals surface area contributed by atoms with E-state index in [0.717, 1.165) is 42.6 Å². The van der Waals surface area contributed by atoms with Crippen LogP contribution in [0.2, 0.25) is 0 Å². The molecule has 1 aromatic carbocycles. The zero-order valence-electron chi connectivity index (χ0n) is 13.7. The quantitative estimate of drug-likeness (QED) is 0.897. The molecule has 0 aromatic heterocycles. The Bertz CT molecular complexity index is 590. The first-order valence-electron chi connectivity index (χ1n) is 8.72. The Hall–Kier alpha value is -1.71. The van der Waals surface area contributed by atoms with Crippen molar-refractivity contribution in [1.29, 1.82) is 0 Å². The van der Waals surface area contributed by atoms with Crippen molar-refractivity contribution in [3.63, 3.8) is 0 Å². The maximum absolute atomic E-state index is 12.9. The lowest BCUT2D eigenvalue weighted by atomic mass is 9.49. The van der Waals surface area contributed by atoms with Crippen LogP contribution < -0.4 is 10.1 Å². The van der Waals surface area contributed by atoms with E-state index in [9.17, 15) is 9.90 Å². The Morgan fingerprint density at radius 1 is 1.22 bits per heavy atom. The van der Waals surface area contributed by atoms with Crippen LogP contribution in [0.5, 0.6) is 11.5 Å².